The Hall–Kier alpha value is -0.690. The molecule has 1 fully saturated rings. The molecule has 0 bridgehead atoms. The molecule has 0 radical (unpaired) electrons. The van der Waals surface area contributed by atoms with E-state index in [0.717, 1.165) is 0 Å². The Labute approximate surface area is 107 Å². The zero-order valence-electron chi connectivity index (χ0n) is 11.5. The quantitative estimate of drug-likeness (QED) is 0.779. The van der Waals surface area contributed by atoms with Crippen LogP contribution in [-0.4, -0.2) is 62.9 Å². The predicted molar refractivity (Wildman–Crippen MR) is 63.5 cm³/mol. The molecule has 1 aliphatic heterocycles. The fraction of sp³-hybridized carbons (Fsp3) is 0.917. The summed E-state index contributed by atoms with van der Waals surface area (Å²) < 4.78 is 21.6. The topological polar surface area (TPSA) is 74.2 Å². The van der Waals surface area contributed by atoms with Gasteiger partial charge in [-0.2, -0.15) is 0 Å². The van der Waals surface area contributed by atoms with Crippen molar-refractivity contribution in [1.82, 2.24) is 0 Å². The van der Waals surface area contributed by atoms with Crippen LogP contribution in [0, 0.1) is 5.92 Å². The molecule has 0 spiro atoms. The van der Waals surface area contributed by atoms with Crippen molar-refractivity contribution in [3.8, 4) is 0 Å². The van der Waals surface area contributed by atoms with Crippen LogP contribution in [0.3, 0.4) is 0 Å². The molecule has 0 amide bonds. The van der Waals surface area contributed by atoms with Crippen molar-refractivity contribution in [2.75, 3.05) is 21.3 Å². The van der Waals surface area contributed by atoms with Crippen LogP contribution in [-0.2, 0) is 23.7 Å². The molecule has 5 atom stereocenters. The highest BCUT2D eigenvalue weighted by Crippen LogP contribution is 2.30. The van der Waals surface area contributed by atoms with Gasteiger partial charge in [0.05, 0.1) is 6.10 Å². The average molecular weight is 262 g/mol. The Morgan fingerprint density at radius 3 is 1.89 bits per heavy atom. The van der Waals surface area contributed by atoms with E-state index in [1.807, 2.05) is 13.8 Å². The lowest BCUT2D eigenvalue weighted by Crippen LogP contribution is -2.62. The van der Waals surface area contributed by atoms with Crippen LogP contribution in [0.1, 0.15) is 13.8 Å². The predicted octanol–water partition coefficient (Wildman–Crippen LogP) is 0.539. The molecule has 3 unspecified atom stereocenters. The molecule has 106 valence electrons. The van der Waals surface area contributed by atoms with Crippen LogP contribution in [0.15, 0.2) is 0 Å². The molecule has 18 heavy (non-hydrogen) atoms. The molecular formula is C12H22O6. The lowest BCUT2D eigenvalue weighted by Gasteiger charge is -2.45. The van der Waals surface area contributed by atoms with Gasteiger partial charge < -0.3 is 24.1 Å². The Morgan fingerprint density at radius 2 is 1.56 bits per heavy atom. The third kappa shape index (κ3) is 2.83. The van der Waals surface area contributed by atoms with Gasteiger partial charge in [-0.25, -0.2) is 4.79 Å². The van der Waals surface area contributed by atoms with E-state index in [1.54, 1.807) is 7.11 Å². The maximum atomic E-state index is 11.2. The number of ether oxygens (including phenoxy) is 4. The SMILES string of the molecule is COC1C(OC)[C@H](C(C)C)OC(C(=O)O)[C@H]1OC. The van der Waals surface area contributed by atoms with Gasteiger partial charge in [-0.15, -0.1) is 0 Å². The van der Waals surface area contributed by atoms with Gasteiger partial charge in [0.2, 0.25) is 0 Å². The number of rotatable bonds is 5. The number of aliphatic carboxylic acids is 1. The molecule has 1 rings (SSSR count). The lowest BCUT2D eigenvalue weighted by molar-refractivity contribution is -0.251. The highest BCUT2D eigenvalue weighted by Gasteiger charge is 2.50. The first-order valence-corrected chi connectivity index (χ1v) is 5.94. The minimum atomic E-state index is -1.05. The zero-order valence-corrected chi connectivity index (χ0v) is 11.5. The Balaban J connectivity index is 3.03. The van der Waals surface area contributed by atoms with Crippen molar-refractivity contribution in [2.45, 2.75) is 44.4 Å². The first-order valence-electron chi connectivity index (χ1n) is 5.94. The summed E-state index contributed by atoms with van der Waals surface area (Å²) >= 11 is 0. The highest BCUT2D eigenvalue weighted by molar-refractivity contribution is 5.73. The number of carbonyl (C=O) groups is 1. The van der Waals surface area contributed by atoms with E-state index >= 15 is 0 Å². The summed E-state index contributed by atoms with van der Waals surface area (Å²) in [6.07, 6.45) is -2.89. The fourth-order valence-corrected chi connectivity index (χ4v) is 2.40. The summed E-state index contributed by atoms with van der Waals surface area (Å²) in [6.45, 7) is 3.91. The van der Waals surface area contributed by atoms with E-state index < -0.39 is 24.3 Å². The molecular weight excluding hydrogens is 240 g/mol. The van der Waals surface area contributed by atoms with E-state index in [2.05, 4.69) is 0 Å². The maximum absolute atomic E-state index is 11.2. The van der Waals surface area contributed by atoms with Gasteiger partial charge in [0, 0.05) is 21.3 Å². The van der Waals surface area contributed by atoms with Crippen molar-refractivity contribution in [2.24, 2.45) is 5.92 Å². The zero-order chi connectivity index (χ0) is 13.9. The van der Waals surface area contributed by atoms with Crippen LogP contribution >= 0.6 is 0 Å². The Kier molecular flexibility index (Phi) is 5.52. The normalized spacial score (nSPS) is 36.9. The lowest BCUT2D eigenvalue weighted by atomic mass is 9.89. The smallest absolute Gasteiger partial charge is 0.335 e. The van der Waals surface area contributed by atoms with Crippen molar-refractivity contribution < 1.29 is 28.8 Å². The van der Waals surface area contributed by atoms with Crippen molar-refractivity contribution in [3.05, 3.63) is 0 Å². The second-order valence-electron chi connectivity index (χ2n) is 4.70. The third-order valence-electron chi connectivity index (χ3n) is 3.29. The van der Waals surface area contributed by atoms with Gasteiger partial charge in [0.1, 0.15) is 18.3 Å². The van der Waals surface area contributed by atoms with Gasteiger partial charge in [0.15, 0.2) is 6.10 Å². The van der Waals surface area contributed by atoms with Crippen molar-refractivity contribution >= 4 is 5.97 Å². The van der Waals surface area contributed by atoms with Gasteiger partial charge in [-0.05, 0) is 5.92 Å². The molecule has 1 saturated heterocycles. The number of carboxylic acid groups (broad SMARTS) is 1. The summed E-state index contributed by atoms with van der Waals surface area (Å²) in [5.74, 6) is -0.934. The largest absolute Gasteiger partial charge is 0.479 e. The van der Waals surface area contributed by atoms with E-state index in [-0.39, 0.29) is 18.1 Å². The van der Waals surface area contributed by atoms with E-state index in [4.69, 9.17) is 18.9 Å². The van der Waals surface area contributed by atoms with Crippen molar-refractivity contribution in [3.63, 3.8) is 0 Å². The molecule has 1 aliphatic rings. The van der Waals surface area contributed by atoms with Gasteiger partial charge >= 0.3 is 5.97 Å². The Bertz CT molecular complexity index is 280. The van der Waals surface area contributed by atoms with E-state index in [1.165, 1.54) is 14.2 Å². The molecule has 0 aromatic rings. The standard InChI is InChI=1S/C12H22O6/c1-6(2)7-8(15-3)9(16-4)10(17-5)11(18-7)12(13)14/h6-11H,1-5H3,(H,13,14)/t7-,8?,9?,10-,11?/m0/s1. The number of methoxy groups -OCH3 is 3. The fourth-order valence-electron chi connectivity index (χ4n) is 2.40. The monoisotopic (exact) mass is 262 g/mol. The highest BCUT2D eigenvalue weighted by atomic mass is 16.6. The second kappa shape index (κ2) is 6.47. The minimum Gasteiger partial charge on any atom is -0.479 e. The first-order chi connectivity index (χ1) is 8.47. The molecule has 0 aromatic heterocycles. The van der Waals surface area contributed by atoms with Crippen molar-refractivity contribution in [1.29, 1.82) is 0 Å². The summed E-state index contributed by atoms with van der Waals surface area (Å²) in [5.41, 5.74) is 0. The number of carboxylic acids is 1. The number of hydrogen-bond acceptors (Lipinski definition) is 5. The van der Waals surface area contributed by atoms with Crippen LogP contribution in [0.25, 0.3) is 0 Å². The molecule has 1 heterocycles. The molecule has 1 N–H and O–H groups in total. The first kappa shape index (κ1) is 15.4. The van der Waals surface area contributed by atoms with Gasteiger partial charge in [-0.3, -0.25) is 0 Å². The van der Waals surface area contributed by atoms with Crippen LogP contribution in [0.5, 0.6) is 0 Å². The number of hydrogen-bond donors (Lipinski definition) is 1. The van der Waals surface area contributed by atoms with E-state index in [9.17, 15) is 9.90 Å². The Morgan fingerprint density at radius 1 is 1.06 bits per heavy atom. The van der Waals surface area contributed by atoms with Crippen LogP contribution < -0.4 is 0 Å². The van der Waals surface area contributed by atoms with Crippen LogP contribution in [0.4, 0.5) is 0 Å². The van der Waals surface area contributed by atoms with E-state index in [0.29, 0.717) is 0 Å². The molecule has 0 saturated carbocycles. The summed E-state index contributed by atoms with van der Waals surface area (Å²) in [5, 5.41) is 9.21. The maximum Gasteiger partial charge on any atom is 0.335 e. The molecule has 6 nitrogen and oxygen atoms in total. The summed E-state index contributed by atoms with van der Waals surface area (Å²) in [7, 11) is 4.52. The van der Waals surface area contributed by atoms with Gasteiger partial charge in [-0.1, -0.05) is 13.8 Å². The van der Waals surface area contributed by atoms with Gasteiger partial charge in [0.25, 0.3) is 0 Å². The molecule has 0 aromatic carbocycles. The third-order valence-corrected chi connectivity index (χ3v) is 3.29. The molecule has 6 heteroatoms. The summed E-state index contributed by atoms with van der Waals surface area (Å²) in [6, 6.07) is 0. The second-order valence-corrected chi connectivity index (χ2v) is 4.70. The molecule has 0 aliphatic carbocycles. The minimum absolute atomic E-state index is 0.118. The van der Waals surface area contributed by atoms with Crippen LogP contribution in [0.2, 0.25) is 0 Å². The summed E-state index contributed by atoms with van der Waals surface area (Å²) in [4.78, 5) is 11.2. The average Bonchev–Trinajstić information content (AvgIpc) is 2.35.